The number of hydrogen-bond acceptors (Lipinski definition) is 4. The van der Waals surface area contributed by atoms with E-state index >= 15 is 0 Å². The van der Waals surface area contributed by atoms with Crippen LogP contribution >= 0.6 is 0 Å². The van der Waals surface area contributed by atoms with Crippen molar-refractivity contribution in [2.24, 2.45) is 10.7 Å². The molecule has 8 aromatic rings. The van der Waals surface area contributed by atoms with Crippen LogP contribution in [0.3, 0.4) is 0 Å². The van der Waals surface area contributed by atoms with Gasteiger partial charge in [-0.25, -0.2) is 0 Å². The molecule has 0 unspecified atom stereocenters. The Kier molecular flexibility index (Phi) is 9.33. The van der Waals surface area contributed by atoms with Crippen LogP contribution in [0.25, 0.3) is 55.9 Å². The summed E-state index contributed by atoms with van der Waals surface area (Å²) in [7, 11) is 0. The summed E-state index contributed by atoms with van der Waals surface area (Å²) in [5.74, 6) is 0. The summed E-state index contributed by atoms with van der Waals surface area (Å²) in [4.78, 5) is 7.42. The molecule has 0 spiro atoms. The van der Waals surface area contributed by atoms with Crippen LogP contribution in [0.2, 0.25) is 0 Å². The van der Waals surface area contributed by atoms with Crippen LogP contribution in [-0.4, -0.2) is 10.3 Å². The van der Waals surface area contributed by atoms with Gasteiger partial charge in [-0.3, -0.25) is 4.99 Å². The number of hydrogen-bond donors (Lipinski definition) is 1. The van der Waals surface area contributed by atoms with E-state index in [0.29, 0.717) is 12.2 Å². The average Bonchev–Trinajstić information content (AvgIpc) is 3.79. The first kappa shape index (κ1) is 35.3. The number of para-hydroxylation sites is 3. The van der Waals surface area contributed by atoms with Crippen molar-refractivity contribution in [3.8, 4) is 0 Å². The molecule has 0 aliphatic carbocycles. The molecule has 6 aromatic carbocycles. The molecule has 0 saturated heterocycles. The third kappa shape index (κ3) is 6.49. The van der Waals surface area contributed by atoms with Gasteiger partial charge in [-0.15, -0.1) is 0 Å². The Bertz CT molecular complexity index is 2970. The minimum absolute atomic E-state index is 0.468. The molecule has 5 heteroatoms. The molecular weight excluding hydrogens is 697 g/mol. The molecule has 0 atom stereocenters. The molecule has 276 valence electrons. The van der Waals surface area contributed by atoms with E-state index in [0.717, 1.165) is 89.3 Å². The number of benzene rings is 6. The van der Waals surface area contributed by atoms with E-state index < -0.39 is 0 Å². The number of rotatable bonds is 8. The van der Waals surface area contributed by atoms with Crippen LogP contribution in [0, 0.1) is 0 Å². The number of nitrogens with zero attached hydrogens (tertiary/aromatic N) is 3. The molecule has 3 heterocycles. The maximum Gasteiger partial charge on any atom is 0.136 e. The van der Waals surface area contributed by atoms with Gasteiger partial charge in [0.25, 0.3) is 0 Å². The zero-order valence-corrected chi connectivity index (χ0v) is 32.1. The van der Waals surface area contributed by atoms with Gasteiger partial charge in [-0.2, -0.15) is 0 Å². The lowest BCUT2D eigenvalue weighted by atomic mass is 9.93. The maximum absolute atomic E-state index is 6.68. The van der Waals surface area contributed by atoms with Gasteiger partial charge in [0.05, 0.1) is 29.2 Å². The Morgan fingerprint density at radius 1 is 0.737 bits per heavy atom. The third-order valence-electron chi connectivity index (χ3n) is 10.7. The highest BCUT2D eigenvalue weighted by molar-refractivity contribution is 6.15. The molecule has 2 aromatic heterocycles. The zero-order chi connectivity index (χ0) is 38.9. The first-order valence-electron chi connectivity index (χ1n) is 19.3. The molecule has 5 nitrogen and oxygen atoms in total. The zero-order valence-electron chi connectivity index (χ0n) is 32.1. The second-order valence-electron chi connectivity index (χ2n) is 14.2. The summed E-state index contributed by atoms with van der Waals surface area (Å²) in [6.07, 6.45) is 12.8. The van der Waals surface area contributed by atoms with Crippen LogP contribution in [0.15, 0.2) is 192 Å². The quantitative estimate of drug-likeness (QED) is 0.125. The van der Waals surface area contributed by atoms with Gasteiger partial charge in [0.2, 0.25) is 0 Å². The topological polar surface area (TPSA) is 59.7 Å². The molecule has 9 rings (SSSR count). The molecule has 1 aliphatic rings. The summed E-state index contributed by atoms with van der Waals surface area (Å²) >= 11 is 0. The van der Waals surface area contributed by atoms with E-state index in [1.54, 1.807) is 0 Å². The summed E-state index contributed by atoms with van der Waals surface area (Å²) in [5, 5.41) is 3.35. The van der Waals surface area contributed by atoms with Gasteiger partial charge in [-0.1, -0.05) is 122 Å². The van der Waals surface area contributed by atoms with Crippen molar-refractivity contribution < 1.29 is 4.42 Å². The van der Waals surface area contributed by atoms with Gasteiger partial charge >= 0.3 is 0 Å². The molecule has 57 heavy (non-hydrogen) atoms. The first-order valence-corrected chi connectivity index (χ1v) is 19.3. The van der Waals surface area contributed by atoms with E-state index in [-0.39, 0.29) is 0 Å². The number of anilines is 2. The monoisotopic (exact) mass is 738 g/mol. The van der Waals surface area contributed by atoms with E-state index in [2.05, 4.69) is 151 Å². The first-order chi connectivity index (χ1) is 28.0. The highest BCUT2D eigenvalue weighted by atomic mass is 16.3. The maximum atomic E-state index is 6.68. The Hall–Kier alpha value is -7.37. The summed E-state index contributed by atoms with van der Waals surface area (Å²) in [6.45, 7) is 9.33. The van der Waals surface area contributed by atoms with E-state index in [4.69, 9.17) is 21.7 Å². The molecule has 1 aliphatic heterocycles. The van der Waals surface area contributed by atoms with Crippen molar-refractivity contribution in [1.82, 2.24) is 4.57 Å². The van der Waals surface area contributed by atoms with E-state index in [9.17, 15) is 0 Å². The Labute approximate surface area is 333 Å². The third-order valence-corrected chi connectivity index (χ3v) is 10.7. The second-order valence-corrected chi connectivity index (χ2v) is 14.2. The van der Waals surface area contributed by atoms with Crippen molar-refractivity contribution in [3.63, 3.8) is 0 Å². The van der Waals surface area contributed by atoms with Crippen molar-refractivity contribution >= 4 is 73.0 Å². The number of allylic oxidation sites excluding steroid dienone is 5. The number of furan rings is 1. The number of aliphatic imine (C=N–C) groups is 1. The molecule has 0 fully saturated rings. The predicted molar refractivity (Wildman–Crippen MR) is 241 cm³/mol. The fourth-order valence-electron chi connectivity index (χ4n) is 7.91. The summed E-state index contributed by atoms with van der Waals surface area (Å²) in [5.41, 5.74) is 21.4. The number of fused-ring (bicyclic) bond motifs is 7. The van der Waals surface area contributed by atoms with Gasteiger partial charge in [-0.05, 0) is 91.2 Å². The van der Waals surface area contributed by atoms with Crippen LogP contribution < -0.4 is 10.6 Å². The largest absolute Gasteiger partial charge is 0.456 e. The standard InChI is InChI=1S/C52H42N4O/c1-4-15-39(5-2)56-48-22-13-10-20-44(48)52-35(3)41-18-9-12-21-47(41)55(31-30-49(52)56)40-27-24-36(25-28-40)34-54-46(33-45(53)37-16-7-6-8-17-37)38-26-29-43-42-19-11-14-23-50(42)57-51(43)32-38/h4-33H,3,34,53H2,1-2H3/b15-4-,31-30-,39-5+,45-33-,54-46?. The molecule has 0 saturated carbocycles. The number of aromatic nitrogens is 1. The van der Waals surface area contributed by atoms with Crippen molar-refractivity contribution in [1.29, 1.82) is 0 Å². The lowest BCUT2D eigenvalue weighted by molar-refractivity contribution is 0.669. The van der Waals surface area contributed by atoms with Crippen LogP contribution in [0.1, 0.15) is 47.4 Å². The van der Waals surface area contributed by atoms with Gasteiger partial charge in [0.1, 0.15) is 11.2 Å². The smallest absolute Gasteiger partial charge is 0.136 e. The van der Waals surface area contributed by atoms with Crippen LogP contribution in [0.4, 0.5) is 11.4 Å². The average molecular weight is 739 g/mol. The summed E-state index contributed by atoms with van der Waals surface area (Å²) < 4.78 is 8.59. The fraction of sp³-hybridized carbons (Fsp3) is 0.0577. The van der Waals surface area contributed by atoms with Crippen LogP contribution in [0.5, 0.6) is 0 Å². The normalized spacial score (nSPS) is 14.3. The van der Waals surface area contributed by atoms with E-state index in [1.807, 2.05) is 54.6 Å². The minimum atomic E-state index is 0.468. The van der Waals surface area contributed by atoms with Gasteiger partial charge in [0, 0.05) is 56.1 Å². The van der Waals surface area contributed by atoms with Gasteiger partial charge in [0.15, 0.2) is 0 Å². The van der Waals surface area contributed by atoms with Crippen LogP contribution in [-0.2, 0) is 6.54 Å². The highest BCUT2D eigenvalue weighted by Gasteiger charge is 2.24. The number of nitrogens with two attached hydrogens (primary N) is 1. The van der Waals surface area contributed by atoms with Crippen molar-refractivity contribution in [2.45, 2.75) is 20.4 Å². The SMILES string of the molecule is C=C1c2ccccc2N(c2ccc(CN=C(/C=C(\N)c3ccccc3)c3ccc4c(c3)oc3ccccc34)cc2)/C=C\c2c1c1ccccc1n2C(/C=C\C)=C/C. The molecule has 2 N–H and O–H groups in total. The van der Waals surface area contributed by atoms with Crippen molar-refractivity contribution in [2.75, 3.05) is 4.90 Å². The Morgan fingerprint density at radius 3 is 2.26 bits per heavy atom. The molecule has 0 bridgehead atoms. The fourth-order valence-corrected chi connectivity index (χ4v) is 7.91. The van der Waals surface area contributed by atoms with Gasteiger partial charge < -0.3 is 19.6 Å². The predicted octanol–water partition coefficient (Wildman–Crippen LogP) is 13.2. The molecule has 0 radical (unpaired) electrons. The lowest BCUT2D eigenvalue weighted by Gasteiger charge is -2.27. The molecule has 0 amide bonds. The molecular formula is C52H42N4O. The Balaban J connectivity index is 1.09. The summed E-state index contributed by atoms with van der Waals surface area (Å²) in [6, 6.07) is 50.1. The Morgan fingerprint density at radius 2 is 1.46 bits per heavy atom. The van der Waals surface area contributed by atoms with E-state index in [1.165, 1.54) is 5.39 Å². The van der Waals surface area contributed by atoms with Crippen molar-refractivity contribution in [3.05, 3.63) is 216 Å². The highest BCUT2D eigenvalue weighted by Crippen LogP contribution is 2.43. The lowest BCUT2D eigenvalue weighted by Crippen LogP contribution is -2.13. The second kappa shape index (κ2) is 15.0. The minimum Gasteiger partial charge on any atom is -0.456 e.